The number of halogens is 2. The number of likely N-dealkylation sites (tertiary alicyclic amines) is 1. The van der Waals surface area contributed by atoms with Gasteiger partial charge in [0.2, 0.25) is 0 Å². The van der Waals surface area contributed by atoms with Crippen LogP contribution in [0, 0.1) is 23.5 Å². The Bertz CT molecular complexity index is 1210. The van der Waals surface area contributed by atoms with Gasteiger partial charge >= 0.3 is 5.97 Å². The summed E-state index contributed by atoms with van der Waals surface area (Å²) in [6.45, 7) is 1.72. The summed E-state index contributed by atoms with van der Waals surface area (Å²) in [5, 5.41) is 21.7. The van der Waals surface area contributed by atoms with Crippen molar-refractivity contribution in [2.24, 2.45) is 11.8 Å². The number of carbonyl (C=O) groups is 1. The van der Waals surface area contributed by atoms with Gasteiger partial charge in [-0.3, -0.25) is 9.78 Å². The largest absolute Gasteiger partial charge is 0.497 e. The van der Waals surface area contributed by atoms with Crippen LogP contribution in [0.2, 0.25) is 0 Å². The predicted molar refractivity (Wildman–Crippen MR) is 135 cm³/mol. The number of aliphatic hydroxyl groups is 1. The number of ether oxygens (including phenoxy) is 1. The number of hydrogen-bond acceptors (Lipinski definition) is 6. The van der Waals surface area contributed by atoms with Crippen molar-refractivity contribution in [3.63, 3.8) is 0 Å². The number of carboxylic acids is 1. The Morgan fingerprint density at radius 3 is 2.86 bits per heavy atom. The first-order valence-corrected chi connectivity index (χ1v) is 13.0. The molecule has 1 aliphatic rings. The fraction of sp³-hybridized carbons (Fsp3) is 0.407. The Balaban J connectivity index is 1.33. The van der Waals surface area contributed by atoms with Gasteiger partial charge in [-0.1, -0.05) is 0 Å². The minimum absolute atomic E-state index is 0.0515. The molecule has 0 bridgehead atoms. The average Bonchev–Trinajstić information content (AvgIpc) is 2.88. The molecule has 6 nitrogen and oxygen atoms in total. The lowest BCUT2D eigenvalue weighted by atomic mass is 9.81. The second-order valence-corrected chi connectivity index (χ2v) is 10.2. The highest BCUT2D eigenvalue weighted by Crippen LogP contribution is 2.34. The molecule has 2 heterocycles. The van der Waals surface area contributed by atoms with E-state index in [2.05, 4.69) is 9.88 Å². The molecule has 9 heteroatoms. The maximum atomic E-state index is 13.8. The zero-order valence-corrected chi connectivity index (χ0v) is 20.9. The van der Waals surface area contributed by atoms with Crippen LogP contribution in [0.4, 0.5) is 8.78 Å². The molecule has 192 valence electrons. The van der Waals surface area contributed by atoms with Crippen molar-refractivity contribution in [3.05, 3.63) is 65.9 Å². The molecule has 3 aromatic rings. The lowest BCUT2D eigenvalue weighted by molar-refractivity contribution is -0.146. The normalized spacial score (nSPS) is 19.3. The summed E-state index contributed by atoms with van der Waals surface area (Å²) >= 11 is 1.23. The highest BCUT2D eigenvalue weighted by atomic mass is 32.2. The van der Waals surface area contributed by atoms with Crippen LogP contribution in [0.3, 0.4) is 0 Å². The maximum absolute atomic E-state index is 13.8. The van der Waals surface area contributed by atoms with Gasteiger partial charge in [-0.05, 0) is 79.8 Å². The Morgan fingerprint density at radius 2 is 2.08 bits per heavy atom. The first-order chi connectivity index (χ1) is 17.4. The third-order valence-electron chi connectivity index (χ3n) is 6.87. The highest BCUT2D eigenvalue weighted by molar-refractivity contribution is 7.99. The molecule has 0 aliphatic carbocycles. The summed E-state index contributed by atoms with van der Waals surface area (Å²) in [4.78, 5) is 18.7. The number of hydrogen-bond donors (Lipinski definition) is 2. The number of piperidine rings is 1. The number of benzene rings is 2. The van der Waals surface area contributed by atoms with E-state index < -0.39 is 29.6 Å². The van der Waals surface area contributed by atoms with Crippen molar-refractivity contribution in [1.29, 1.82) is 0 Å². The van der Waals surface area contributed by atoms with Gasteiger partial charge in [0.1, 0.15) is 17.4 Å². The first kappa shape index (κ1) is 26.3. The van der Waals surface area contributed by atoms with Gasteiger partial charge in [0.15, 0.2) is 0 Å². The van der Waals surface area contributed by atoms with Crippen molar-refractivity contribution in [3.8, 4) is 5.75 Å². The minimum atomic E-state index is -0.845. The summed E-state index contributed by atoms with van der Waals surface area (Å²) in [7, 11) is 1.59. The Labute approximate surface area is 213 Å². The number of rotatable bonds is 10. The molecule has 0 spiro atoms. The lowest BCUT2D eigenvalue weighted by Crippen LogP contribution is -2.44. The van der Waals surface area contributed by atoms with E-state index in [1.54, 1.807) is 19.4 Å². The van der Waals surface area contributed by atoms with Gasteiger partial charge in [0, 0.05) is 35.3 Å². The zero-order valence-electron chi connectivity index (χ0n) is 20.1. The van der Waals surface area contributed by atoms with Crippen molar-refractivity contribution in [2.45, 2.75) is 30.3 Å². The Hall–Kier alpha value is -2.75. The van der Waals surface area contributed by atoms with E-state index in [0.717, 1.165) is 35.1 Å². The van der Waals surface area contributed by atoms with Crippen molar-refractivity contribution in [2.75, 3.05) is 32.5 Å². The van der Waals surface area contributed by atoms with E-state index in [1.807, 2.05) is 18.2 Å². The molecular formula is C27H30F2N2O4S. The molecule has 1 aliphatic heterocycles. The van der Waals surface area contributed by atoms with Gasteiger partial charge in [-0.2, -0.15) is 0 Å². The molecule has 0 amide bonds. The van der Waals surface area contributed by atoms with Gasteiger partial charge in [0.25, 0.3) is 0 Å². The summed E-state index contributed by atoms with van der Waals surface area (Å²) in [5.74, 6) is -1.16. The topological polar surface area (TPSA) is 82.9 Å². The average molecular weight is 517 g/mol. The molecule has 36 heavy (non-hydrogen) atoms. The van der Waals surface area contributed by atoms with Crippen LogP contribution in [0.25, 0.3) is 10.9 Å². The number of fused-ring (bicyclic) bond motifs is 1. The number of aliphatic hydroxyl groups excluding tert-OH is 1. The summed E-state index contributed by atoms with van der Waals surface area (Å²) in [6, 6.07) is 10.7. The van der Waals surface area contributed by atoms with E-state index in [1.165, 1.54) is 17.8 Å². The fourth-order valence-electron chi connectivity index (χ4n) is 4.86. The van der Waals surface area contributed by atoms with E-state index in [-0.39, 0.29) is 10.8 Å². The second-order valence-electron chi connectivity index (χ2n) is 9.09. The smallest absolute Gasteiger partial charge is 0.308 e. The molecule has 1 saturated heterocycles. The van der Waals surface area contributed by atoms with Crippen molar-refractivity contribution in [1.82, 2.24) is 9.88 Å². The molecule has 4 rings (SSSR count). The van der Waals surface area contributed by atoms with E-state index in [0.29, 0.717) is 43.9 Å². The SMILES string of the molecule is COc1ccc2nccc([C@@H](O)CC[C@@H]3CCN(CCSc4cc(F)ccc4F)C[C@@H]3C(=O)O)c2c1. The molecule has 0 unspecified atom stereocenters. The number of aliphatic carboxylic acids is 1. The second kappa shape index (κ2) is 12.0. The number of thioether (sulfide) groups is 1. The van der Waals surface area contributed by atoms with Crippen LogP contribution in [-0.4, -0.2) is 58.6 Å². The summed E-state index contributed by atoms with van der Waals surface area (Å²) in [5.41, 5.74) is 1.52. The fourth-order valence-corrected chi connectivity index (χ4v) is 5.83. The van der Waals surface area contributed by atoms with Crippen molar-refractivity contribution >= 4 is 28.6 Å². The van der Waals surface area contributed by atoms with Crippen LogP contribution in [-0.2, 0) is 4.79 Å². The Morgan fingerprint density at radius 1 is 1.25 bits per heavy atom. The van der Waals surface area contributed by atoms with Crippen LogP contribution >= 0.6 is 11.8 Å². The van der Waals surface area contributed by atoms with E-state index >= 15 is 0 Å². The van der Waals surface area contributed by atoms with Crippen molar-refractivity contribution < 1.29 is 28.5 Å². The predicted octanol–water partition coefficient (Wildman–Crippen LogP) is 5.15. The molecular weight excluding hydrogens is 486 g/mol. The maximum Gasteiger partial charge on any atom is 0.308 e. The third-order valence-corrected chi connectivity index (χ3v) is 7.88. The molecule has 1 fully saturated rings. The van der Waals surface area contributed by atoms with Crippen LogP contribution in [0.5, 0.6) is 5.75 Å². The number of methoxy groups -OCH3 is 1. The number of nitrogens with zero attached hydrogens (tertiary/aromatic N) is 2. The van der Waals surface area contributed by atoms with Crippen LogP contribution < -0.4 is 4.74 Å². The van der Waals surface area contributed by atoms with Gasteiger partial charge < -0.3 is 19.8 Å². The standard InChI is InChI=1S/C27H30F2N2O4S/c1-35-19-4-6-24-21(15-19)20(8-10-30-24)25(32)7-2-17-9-11-31(16-22(17)27(33)34)12-13-36-26-14-18(28)3-5-23(26)29/h3-6,8,10,14-15,17,22,25,32H,2,7,9,11-13,16H2,1H3,(H,33,34)/t17-,22+,25+/m1/s1. The first-order valence-electron chi connectivity index (χ1n) is 12.0. The molecule has 0 radical (unpaired) electrons. The van der Waals surface area contributed by atoms with Gasteiger partial charge in [-0.15, -0.1) is 11.8 Å². The summed E-state index contributed by atoms with van der Waals surface area (Å²) < 4.78 is 32.5. The van der Waals surface area contributed by atoms with Gasteiger partial charge in [-0.25, -0.2) is 8.78 Å². The minimum Gasteiger partial charge on any atom is -0.497 e. The monoisotopic (exact) mass is 516 g/mol. The number of aromatic nitrogens is 1. The van der Waals surface area contributed by atoms with Crippen LogP contribution in [0.1, 0.15) is 30.9 Å². The highest BCUT2D eigenvalue weighted by Gasteiger charge is 2.34. The quantitative estimate of drug-likeness (QED) is 0.361. The van der Waals surface area contributed by atoms with Crippen LogP contribution in [0.15, 0.2) is 53.6 Å². The third kappa shape index (κ3) is 6.32. The lowest BCUT2D eigenvalue weighted by Gasteiger charge is -2.37. The summed E-state index contributed by atoms with van der Waals surface area (Å²) in [6.07, 6.45) is 2.66. The van der Waals surface area contributed by atoms with E-state index in [4.69, 9.17) is 4.74 Å². The molecule has 2 N–H and O–H groups in total. The Kier molecular flexibility index (Phi) is 8.77. The number of carboxylic acid groups (broad SMARTS) is 1. The molecule has 1 aromatic heterocycles. The molecule has 2 aromatic carbocycles. The zero-order chi connectivity index (χ0) is 25.7. The molecule has 3 atom stereocenters. The van der Waals surface area contributed by atoms with Gasteiger partial charge in [0.05, 0.1) is 24.6 Å². The van der Waals surface area contributed by atoms with E-state index in [9.17, 15) is 23.8 Å². The molecule has 0 saturated carbocycles. The number of pyridine rings is 1.